The molecule has 1 aliphatic carbocycles. The van der Waals surface area contributed by atoms with Crippen molar-refractivity contribution in [3.05, 3.63) is 0 Å². The first kappa shape index (κ1) is 12.7. The van der Waals surface area contributed by atoms with Gasteiger partial charge in [-0.25, -0.2) is 0 Å². The molecular weight excluding hydrogens is 204 g/mol. The zero-order valence-electron chi connectivity index (χ0n) is 9.82. The topological polar surface area (TPSA) is 70.0 Å². The Kier molecular flexibility index (Phi) is 4.48. The highest BCUT2D eigenvalue weighted by Crippen LogP contribution is 2.18. The molecule has 0 aromatic rings. The number of rotatable bonds is 4. The van der Waals surface area contributed by atoms with Crippen molar-refractivity contribution in [1.82, 2.24) is 5.32 Å². The van der Waals surface area contributed by atoms with Gasteiger partial charge in [0, 0.05) is 12.0 Å². The maximum absolute atomic E-state index is 11.7. The average Bonchev–Trinajstić information content (AvgIpc) is 2.71. The third-order valence-electron chi connectivity index (χ3n) is 2.95. The molecule has 1 rings (SSSR count). The summed E-state index contributed by atoms with van der Waals surface area (Å²) in [7, 11) is 0. The van der Waals surface area contributed by atoms with Crippen LogP contribution in [0.4, 0.5) is 0 Å². The molecule has 0 unspecified atom stereocenters. The van der Waals surface area contributed by atoms with Crippen molar-refractivity contribution in [3.8, 4) is 6.07 Å². The standard InChI is InChI=1S/C12H18N2O2/c1-8(2)11(15)10(7-13)12(16)14-9-5-3-4-6-9/h8-10H,3-6H2,1-2H3,(H,14,16)/t10-/m1/s1. The fourth-order valence-corrected chi connectivity index (χ4v) is 1.94. The summed E-state index contributed by atoms with van der Waals surface area (Å²) in [4.78, 5) is 23.3. The van der Waals surface area contributed by atoms with Gasteiger partial charge >= 0.3 is 0 Å². The van der Waals surface area contributed by atoms with Crippen molar-refractivity contribution < 1.29 is 9.59 Å². The molecule has 1 aliphatic rings. The molecule has 1 amide bonds. The van der Waals surface area contributed by atoms with Crippen LogP contribution in [0.25, 0.3) is 0 Å². The molecular formula is C12H18N2O2. The van der Waals surface area contributed by atoms with Crippen LogP contribution in [0.3, 0.4) is 0 Å². The summed E-state index contributed by atoms with van der Waals surface area (Å²) in [6.45, 7) is 3.41. The van der Waals surface area contributed by atoms with Crippen LogP contribution >= 0.6 is 0 Å². The summed E-state index contributed by atoms with van der Waals surface area (Å²) >= 11 is 0. The van der Waals surface area contributed by atoms with Crippen LogP contribution in [-0.2, 0) is 9.59 Å². The summed E-state index contributed by atoms with van der Waals surface area (Å²) in [5, 5.41) is 11.6. The molecule has 1 fully saturated rings. The van der Waals surface area contributed by atoms with Crippen LogP contribution in [-0.4, -0.2) is 17.7 Å². The van der Waals surface area contributed by atoms with Gasteiger partial charge in [-0.1, -0.05) is 26.7 Å². The zero-order chi connectivity index (χ0) is 12.1. The van der Waals surface area contributed by atoms with Gasteiger partial charge in [-0.2, -0.15) is 5.26 Å². The minimum Gasteiger partial charge on any atom is -0.352 e. The molecule has 0 aromatic heterocycles. The van der Waals surface area contributed by atoms with E-state index in [0.717, 1.165) is 25.7 Å². The second-order valence-corrected chi connectivity index (χ2v) is 4.61. The SMILES string of the molecule is CC(C)C(=O)[C@@H](C#N)C(=O)NC1CCCC1. The number of carbonyl (C=O) groups excluding carboxylic acids is 2. The van der Waals surface area contributed by atoms with Crippen molar-refractivity contribution in [2.45, 2.75) is 45.6 Å². The summed E-state index contributed by atoms with van der Waals surface area (Å²) in [5.41, 5.74) is 0. The van der Waals surface area contributed by atoms with Gasteiger partial charge in [0.15, 0.2) is 11.7 Å². The van der Waals surface area contributed by atoms with Crippen molar-refractivity contribution >= 4 is 11.7 Å². The van der Waals surface area contributed by atoms with Crippen LogP contribution < -0.4 is 5.32 Å². The van der Waals surface area contributed by atoms with Gasteiger partial charge in [0.05, 0.1) is 6.07 Å². The summed E-state index contributed by atoms with van der Waals surface area (Å²) < 4.78 is 0. The molecule has 0 saturated heterocycles. The van der Waals surface area contributed by atoms with Crippen molar-refractivity contribution in [2.24, 2.45) is 11.8 Å². The Balaban J connectivity index is 2.56. The van der Waals surface area contributed by atoms with E-state index in [1.54, 1.807) is 19.9 Å². The lowest BCUT2D eigenvalue weighted by molar-refractivity contribution is -0.133. The molecule has 0 radical (unpaired) electrons. The third kappa shape index (κ3) is 3.06. The number of ketones is 1. The van der Waals surface area contributed by atoms with Crippen LogP contribution in [0.1, 0.15) is 39.5 Å². The minimum absolute atomic E-state index is 0.156. The van der Waals surface area contributed by atoms with Gasteiger partial charge in [0.2, 0.25) is 5.91 Å². The smallest absolute Gasteiger partial charge is 0.245 e. The minimum atomic E-state index is -1.14. The Morgan fingerprint density at radius 2 is 1.88 bits per heavy atom. The predicted octanol–water partition coefficient (Wildman–Crippen LogP) is 1.41. The van der Waals surface area contributed by atoms with Crippen molar-refractivity contribution in [1.29, 1.82) is 5.26 Å². The number of hydrogen-bond donors (Lipinski definition) is 1. The maximum Gasteiger partial charge on any atom is 0.245 e. The molecule has 88 valence electrons. The van der Waals surface area contributed by atoms with E-state index in [0.29, 0.717) is 0 Å². The third-order valence-corrected chi connectivity index (χ3v) is 2.95. The number of amides is 1. The van der Waals surface area contributed by atoms with Gasteiger partial charge in [0.1, 0.15) is 0 Å². The highest BCUT2D eigenvalue weighted by Gasteiger charge is 2.30. The second kappa shape index (κ2) is 5.64. The van der Waals surface area contributed by atoms with Crippen molar-refractivity contribution in [3.63, 3.8) is 0 Å². The van der Waals surface area contributed by atoms with Gasteiger partial charge in [-0.3, -0.25) is 9.59 Å². The molecule has 16 heavy (non-hydrogen) atoms. The molecule has 0 aromatic carbocycles. The normalized spacial score (nSPS) is 18.1. The fourth-order valence-electron chi connectivity index (χ4n) is 1.94. The molecule has 1 saturated carbocycles. The lowest BCUT2D eigenvalue weighted by Gasteiger charge is -2.15. The average molecular weight is 222 g/mol. The van der Waals surface area contributed by atoms with Crippen LogP contribution in [0.2, 0.25) is 0 Å². The summed E-state index contributed by atoms with van der Waals surface area (Å²) in [6.07, 6.45) is 4.14. The Labute approximate surface area is 96.0 Å². The monoisotopic (exact) mass is 222 g/mol. The lowest BCUT2D eigenvalue weighted by atomic mass is 9.95. The second-order valence-electron chi connectivity index (χ2n) is 4.61. The van der Waals surface area contributed by atoms with Crippen LogP contribution in [0.15, 0.2) is 0 Å². The van der Waals surface area contributed by atoms with E-state index in [2.05, 4.69) is 5.32 Å². The molecule has 0 heterocycles. The van der Waals surface area contributed by atoms with Crippen LogP contribution in [0, 0.1) is 23.2 Å². The highest BCUT2D eigenvalue weighted by atomic mass is 16.2. The van der Waals surface area contributed by atoms with E-state index in [4.69, 9.17) is 5.26 Å². The lowest BCUT2D eigenvalue weighted by Crippen LogP contribution is -2.40. The Hall–Kier alpha value is -1.37. The van der Waals surface area contributed by atoms with E-state index < -0.39 is 11.8 Å². The predicted molar refractivity (Wildman–Crippen MR) is 59.3 cm³/mol. The number of nitriles is 1. The fraction of sp³-hybridized carbons (Fsp3) is 0.750. The first-order chi connectivity index (χ1) is 7.56. The maximum atomic E-state index is 11.7. The van der Waals surface area contributed by atoms with E-state index in [9.17, 15) is 9.59 Å². The zero-order valence-corrected chi connectivity index (χ0v) is 9.82. The summed E-state index contributed by atoms with van der Waals surface area (Å²) in [5.74, 6) is -2.13. The van der Waals surface area contributed by atoms with E-state index >= 15 is 0 Å². The van der Waals surface area contributed by atoms with E-state index in [-0.39, 0.29) is 17.7 Å². The molecule has 0 bridgehead atoms. The van der Waals surface area contributed by atoms with Gasteiger partial charge in [0.25, 0.3) is 0 Å². The number of carbonyl (C=O) groups is 2. The first-order valence-corrected chi connectivity index (χ1v) is 5.80. The Bertz CT molecular complexity index is 311. The summed E-state index contributed by atoms with van der Waals surface area (Å²) in [6, 6.07) is 1.95. The van der Waals surface area contributed by atoms with Crippen LogP contribution in [0.5, 0.6) is 0 Å². The number of Topliss-reactive ketones (excluding diaryl/α,β-unsaturated/α-hetero) is 1. The molecule has 4 heteroatoms. The van der Waals surface area contributed by atoms with Gasteiger partial charge in [-0.15, -0.1) is 0 Å². The number of hydrogen-bond acceptors (Lipinski definition) is 3. The Morgan fingerprint density at radius 3 is 2.31 bits per heavy atom. The van der Waals surface area contributed by atoms with E-state index in [1.807, 2.05) is 0 Å². The highest BCUT2D eigenvalue weighted by molar-refractivity contribution is 6.04. The Morgan fingerprint density at radius 1 is 1.31 bits per heavy atom. The first-order valence-electron chi connectivity index (χ1n) is 5.80. The molecule has 1 atom stereocenters. The van der Waals surface area contributed by atoms with Crippen molar-refractivity contribution in [2.75, 3.05) is 0 Å². The largest absolute Gasteiger partial charge is 0.352 e. The van der Waals surface area contributed by atoms with Gasteiger partial charge < -0.3 is 5.32 Å². The molecule has 0 aliphatic heterocycles. The van der Waals surface area contributed by atoms with E-state index in [1.165, 1.54) is 0 Å². The molecule has 1 N–H and O–H groups in total. The number of nitrogens with one attached hydrogen (secondary N) is 1. The van der Waals surface area contributed by atoms with Gasteiger partial charge in [-0.05, 0) is 12.8 Å². The molecule has 0 spiro atoms. The molecule has 4 nitrogen and oxygen atoms in total. The quantitative estimate of drug-likeness (QED) is 0.731. The number of nitrogens with zero attached hydrogens (tertiary/aromatic N) is 1.